The largest absolute Gasteiger partial charge is 0.510 e. The summed E-state index contributed by atoms with van der Waals surface area (Å²) in [6, 6.07) is 8.64. The van der Waals surface area contributed by atoms with Gasteiger partial charge in [-0.2, -0.15) is 0 Å². The number of methoxy groups -OCH3 is 1. The van der Waals surface area contributed by atoms with Crippen molar-refractivity contribution in [2.24, 2.45) is 32.7 Å². The van der Waals surface area contributed by atoms with Crippen molar-refractivity contribution >= 4 is 41.0 Å². The standard InChI is InChI=1S/C53H63N7O7/c1-9-12-23-54-51(63)37(20-16-17-24-55-53(65)67-28-33-18-14-13-15-19-33)58-44(61)22-21-36-31(6)40-25-38-29(4)34(10-2)42(56-38)26-39-30(5)35(11-3)43(57-39)27-41-32(7)45-49(60-41)46(48(36)59-40)47(50(45)62)52(64)66-8/h10,13-15,18-19,25-27,31,36-37,47,59,62H,2,9,11-12,16-17,20-24,28H2,1,3-8H3,(H,54,63)(H,55,65)(H,58,61). The number of carbonyl (C=O) groups is 4. The molecule has 8 bridgehead atoms. The molecule has 7 rings (SSSR count). The van der Waals surface area contributed by atoms with Crippen molar-refractivity contribution in [2.75, 3.05) is 20.2 Å². The first-order valence-corrected chi connectivity index (χ1v) is 23.5. The first kappa shape index (κ1) is 48.1. The Bertz CT molecular complexity index is 2600. The lowest BCUT2D eigenvalue weighted by Crippen LogP contribution is -2.47. The van der Waals surface area contributed by atoms with E-state index >= 15 is 0 Å². The van der Waals surface area contributed by atoms with Crippen molar-refractivity contribution < 1.29 is 33.8 Å². The predicted octanol–water partition coefficient (Wildman–Crippen LogP) is 8.52. The molecule has 0 radical (unpaired) electrons. The van der Waals surface area contributed by atoms with Gasteiger partial charge in [0.05, 0.1) is 41.3 Å². The highest BCUT2D eigenvalue weighted by molar-refractivity contribution is 6.24. The van der Waals surface area contributed by atoms with Gasteiger partial charge < -0.3 is 35.8 Å². The molecule has 5 heterocycles. The molecule has 1 saturated heterocycles. The quantitative estimate of drug-likeness (QED) is 0.0715. The van der Waals surface area contributed by atoms with Crippen LogP contribution in [0.3, 0.4) is 0 Å². The molecule has 0 saturated carbocycles. The number of benzene rings is 1. The highest BCUT2D eigenvalue weighted by Crippen LogP contribution is 2.49. The molecular formula is C53H63N7O7. The lowest BCUT2D eigenvalue weighted by atomic mass is 9.84. The average Bonchev–Trinajstić information content (AvgIpc) is 4.07. The molecule has 6 aliphatic rings. The fraction of sp³-hybridized carbons (Fsp3) is 0.415. The highest BCUT2D eigenvalue weighted by atomic mass is 16.5. The molecule has 352 valence electrons. The second-order valence-corrected chi connectivity index (χ2v) is 17.7. The van der Waals surface area contributed by atoms with Gasteiger partial charge in [0.25, 0.3) is 0 Å². The van der Waals surface area contributed by atoms with Crippen LogP contribution < -0.4 is 21.3 Å². The smallest absolute Gasteiger partial charge is 0.407 e. The van der Waals surface area contributed by atoms with E-state index in [4.69, 9.17) is 24.5 Å². The van der Waals surface area contributed by atoms with Crippen LogP contribution in [0.4, 0.5) is 4.79 Å². The minimum absolute atomic E-state index is 0.0591. The lowest BCUT2D eigenvalue weighted by Gasteiger charge is -2.22. The number of hydrogen-bond acceptors (Lipinski definition) is 11. The molecule has 0 spiro atoms. The fourth-order valence-corrected chi connectivity index (χ4v) is 9.54. The van der Waals surface area contributed by atoms with E-state index in [0.29, 0.717) is 72.6 Å². The molecule has 1 aromatic rings. The minimum Gasteiger partial charge on any atom is -0.510 e. The summed E-state index contributed by atoms with van der Waals surface area (Å²) in [5.74, 6) is -3.04. The molecule has 1 fully saturated rings. The van der Waals surface area contributed by atoms with Crippen molar-refractivity contribution in [3.63, 3.8) is 0 Å². The monoisotopic (exact) mass is 909 g/mol. The number of hydrogen-bond donors (Lipinski definition) is 5. The molecule has 1 aromatic carbocycles. The van der Waals surface area contributed by atoms with Gasteiger partial charge in [-0.15, -0.1) is 0 Å². The second kappa shape index (κ2) is 21.2. The number of nitrogens with zero attached hydrogens (tertiary/aromatic N) is 3. The van der Waals surface area contributed by atoms with Crippen LogP contribution in [0.2, 0.25) is 0 Å². The Morgan fingerprint density at radius 3 is 2.36 bits per heavy atom. The summed E-state index contributed by atoms with van der Waals surface area (Å²) in [7, 11) is 1.30. The van der Waals surface area contributed by atoms with Crippen molar-refractivity contribution in [3.8, 4) is 0 Å². The van der Waals surface area contributed by atoms with Crippen molar-refractivity contribution in [3.05, 3.63) is 140 Å². The van der Waals surface area contributed by atoms with Crippen LogP contribution in [0.25, 0.3) is 0 Å². The third-order valence-electron chi connectivity index (χ3n) is 13.4. The molecule has 0 aromatic heterocycles. The highest BCUT2D eigenvalue weighted by Gasteiger charge is 2.49. The maximum Gasteiger partial charge on any atom is 0.407 e. The summed E-state index contributed by atoms with van der Waals surface area (Å²) in [5, 5.41) is 24.4. The summed E-state index contributed by atoms with van der Waals surface area (Å²) < 4.78 is 10.6. The maximum atomic E-state index is 14.0. The van der Waals surface area contributed by atoms with E-state index in [1.54, 1.807) is 0 Å². The van der Waals surface area contributed by atoms with Crippen LogP contribution in [0.1, 0.15) is 98.5 Å². The zero-order valence-electron chi connectivity index (χ0n) is 39.7. The third kappa shape index (κ3) is 10.1. The topological polar surface area (TPSA) is 192 Å². The van der Waals surface area contributed by atoms with Gasteiger partial charge in [-0.1, -0.05) is 70.2 Å². The van der Waals surface area contributed by atoms with Crippen LogP contribution in [-0.2, 0) is 30.5 Å². The second-order valence-electron chi connectivity index (χ2n) is 17.7. The summed E-state index contributed by atoms with van der Waals surface area (Å²) in [4.78, 5) is 68.9. The molecule has 14 heteroatoms. The summed E-state index contributed by atoms with van der Waals surface area (Å²) in [6.45, 7) is 17.3. The van der Waals surface area contributed by atoms with Gasteiger partial charge >= 0.3 is 12.1 Å². The molecular weight excluding hydrogens is 847 g/mol. The number of rotatable bonds is 18. The summed E-state index contributed by atoms with van der Waals surface area (Å²) >= 11 is 0. The number of aliphatic imine (C=N–C) groups is 3. The fourth-order valence-electron chi connectivity index (χ4n) is 9.54. The number of nitrogens with one attached hydrogen (secondary N) is 4. The lowest BCUT2D eigenvalue weighted by molar-refractivity contribution is -0.143. The number of ether oxygens (including phenoxy) is 2. The molecule has 1 aliphatic carbocycles. The van der Waals surface area contributed by atoms with Crippen molar-refractivity contribution in [1.82, 2.24) is 21.3 Å². The van der Waals surface area contributed by atoms with Crippen LogP contribution in [-0.4, -0.2) is 72.4 Å². The number of esters is 1. The van der Waals surface area contributed by atoms with E-state index in [0.717, 1.165) is 75.6 Å². The number of amides is 3. The summed E-state index contributed by atoms with van der Waals surface area (Å²) in [5.41, 5.74) is 12.2. The molecule has 5 N–H and O–H groups in total. The number of aliphatic hydroxyl groups is 1. The summed E-state index contributed by atoms with van der Waals surface area (Å²) in [6.07, 6.45) is 11.6. The number of alkyl carbamates (subject to hydrolysis) is 1. The first-order valence-electron chi connectivity index (χ1n) is 23.5. The Kier molecular flexibility index (Phi) is 15.2. The van der Waals surface area contributed by atoms with E-state index in [1.165, 1.54) is 7.11 Å². The normalized spacial score (nSPS) is 21.0. The van der Waals surface area contributed by atoms with Crippen molar-refractivity contribution in [2.45, 2.75) is 106 Å². The average molecular weight is 910 g/mol. The maximum absolute atomic E-state index is 14.0. The van der Waals surface area contributed by atoms with E-state index in [1.807, 2.05) is 75.4 Å². The molecule has 4 unspecified atom stereocenters. The Balaban J connectivity index is 1.17. The van der Waals surface area contributed by atoms with E-state index in [9.17, 15) is 24.3 Å². The number of carbonyl (C=O) groups excluding carboxylic acids is 4. The predicted molar refractivity (Wildman–Crippen MR) is 261 cm³/mol. The number of allylic oxidation sites excluding steroid dienone is 11. The number of fused-ring (bicyclic) bond motifs is 5. The van der Waals surface area contributed by atoms with Crippen LogP contribution in [0.15, 0.2) is 149 Å². The zero-order chi connectivity index (χ0) is 47.9. The molecule has 67 heavy (non-hydrogen) atoms. The molecule has 5 aliphatic heterocycles. The Hall–Kier alpha value is -6.83. The molecule has 3 amide bonds. The SMILES string of the molecule is C=CC1=C(C)C2=NC1=CC1=NC(=CC3=C(C)C4=C(O)C(C(=O)OC)C(=C5NC(=C2)C(C)C5CCC(=O)NC(CCCCNC(=O)OCc2ccccc2)C(=O)NCCCC)C4=N3)C(CC)=C1C. The van der Waals surface area contributed by atoms with Gasteiger partial charge in [-0.3, -0.25) is 14.4 Å². The van der Waals surface area contributed by atoms with Crippen LogP contribution in [0.5, 0.6) is 0 Å². The first-order chi connectivity index (χ1) is 32.3. The third-order valence-corrected chi connectivity index (χ3v) is 13.4. The van der Waals surface area contributed by atoms with Gasteiger partial charge in [0.2, 0.25) is 11.8 Å². The van der Waals surface area contributed by atoms with Gasteiger partial charge in [-0.25, -0.2) is 19.8 Å². The van der Waals surface area contributed by atoms with E-state index in [-0.39, 0.29) is 42.4 Å². The van der Waals surface area contributed by atoms with Gasteiger partial charge in [0.15, 0.2) is 0 Å². The van der Waals surface area contributed by atoms with Gasteiger partial charge in [0.1, 0.15) is 24.3 Å². The van der Waals surface area contributed by atoms with Crippen LogP contribution in [0, 0.1) is 17.8 Å². The minimum atomic E-state index is -1.15. The van der Waals surface area contributed by atoms with Gasteiger partial charge in [0, 0.05) is 59.5 Å². The Morgan fingerprint density at radius 2 is 1.64 bits per heavy atom. The number of unbranched alkanes of at least 4 members (excludes halogenated alkanes) is 2. The Labute approximate surface area is 393 Å². The zero-order valence-corrected chi connectivity index (χ0v) is 39.7. The van der Waals surface area contributed by atoms with Gasteiger partial charge in [-0.05, 0) is 105 Å². The van der Waals surface area contributed by atoms with Crippen LogP contribution >= 0.6 is 0 Å². The molecule has 4 atom stereocenters. The van der Waals surface area contributed by atoms with E-state index < -0.39 is 24.0 Å². The number of aliphatic hydroxyl groups excluding tert-OH is 1. The molecule has 14 nitrogen and oxygen atoms in total. The van der Waals surface area contributed by atoms with Crippen molar-refractivity contribution in [1.29, 1.82) is 0 Å². The Morgan fingerprint density at radius 1 is 0.910 bits per heavy atom. The van der Waals surface area contributed by atoms with E-state index in [2.05, 4.69) is 48.6 Å².